The molecule has 0 atom stereocenters. The molecule has 0 unspecified atom stereocenters. The Morgan fingerprint density at radius 2 is 1.20 bits per heavy atom. The van der Waals surface area contributed by atoms with Crippen molar-refractivity contribution in [3.8, 4) is 0 Å². The van der Waals surface area contributed by atoms with Gasteiger partial charge in [-0.3, -0.25) is 9.59 Å². The quantitative estimate of drug-likeness (QED) is 0.317. The zero-order chi connectivity index (χ0) is 10.6. The van der Waals surface area contributed by atoms with E-state index < -0.39 is 36.4 Å². The van der Waals surface area contributed by atoms with Gasteiger partial charge in [-0.25, -0.2) is 4.79 Å². The Kier molecular flexibility index (Phi) is 12.7. The molecule has 0 aromatic heterocycles. The molecule has 0 amide bonds. The van der Waals surface area contributed by atoms with Crippen LogP contribution in [-0.4, -0.2) is 70.1 Å². The number of hydrogen-bond acceptors (Lipinski definition) is 4. The number of hydrogen-bond donors (Lipinski definition) is 4. The SMILES string of the molecule is O=C(O)CC(O)(CC(=O)O)C(=O)O.[Bi+3].[K+]. The first-order chi connectivity index (χ1) is 5.78. The summed E-state index contributed by atoms with van der Waals surface area (Å²) in [6, 6.07) is 0. The predicted molar refractivity (Wildman–Crippen MR) is 42.8 cm³/mol. The summed E-state index contributed by atoms with van der Waals surface area (Å²) in [5, 5.41) is 33.8. The normalized spacial score (nSPS) is 9.40. The van der Waals surface area contributed by atoms with Crippen molar-refractivity contribution in [2.75, 3.05) is 0 Å². The van der Waals surface area contributed by atoms with Crippen LogP contribution in [0.15, 0.2) is 0 Å². The molecule has 0 heterocycles. The molecule has 9 heteroatoms. The van der Waals surface area contributed by atoms with Gasteiger partial charge in [0.2, 0.25) is 0 Å². The fourth-order valence-corrected chi connectivity index (χ4v) is 0.714. The van der Waals surface area contributed by atoms with Gasteiger partial charge in [-0.15, -0.1) is 0 Å². The maximum absolute atomic E-state index is 10.3. The third kappa shape index (κ3) is 8.67. The van der Waals surface area contributed by atoms with Gasteiger partial charge < -0.3 is 20.4 Å². The van der Waals surface area contributed by atoms with Gasteiger partial charge in [0, 0.05) is 0 Å². The topological polar surface area (TPSA) is 132 Å². The minimum atomic E-state index is -2.74. The van der Waals surface area contributed by atoms with Crippen molar-refractivity contribution in [1.29, 1.82) is 0 Å². The van der Waals surface area contributed by atoms with E-state index in [4.69, 9.17) is 20.4 Å². The molecular weight excluding hydrogens is 432 g/mol. The Balaban J connectivity index is -0.000000720. The van der Waals surface area contributed by atoms with Crippen LogP contribution in [0.4, 0.5) is 0 Å². The smallest absolute Gasteiger partial charge is 0.481 e. The molecule has 7 nitrogen and oxygen atoms in total. The molecule has 76 valence electrons. The molecule has 0 saturated carbocycles. The van der Waals surface area contributed by atoms with Gasteiger partial charge in [-0.05, 0) is 0 Å². The summed E-state index contributed by atoms with van der Waals surface area (Å²) < 4.78 is 0. The maximum Gasteiger partial charge on any atom is 3.00 e. The van der Waals surface area contributed by atoms with Crippen LogP contribution in [0.5, 0.6) is 0 Å². The van der Waals surface area contributed by atoms with E-state index in [1.165, 1.54) is 0 Å². The molecule has 15 heavy (non-hydrogen) atoms. The summed E-state index contributed by atoms with van der Waals surface area (Å²) in [6.45, 7) is 0. The number of aliphatic carboxylic acids is 3. The molecule has 2 radical (unpaired) electrons. The molecule has 0 rings (SSSR count). The molecule has 0 aliphatic carbocycles. The van der Waals surface area contributed by atoms with Gasteiger partial charge in [-0.1, -0.05) is 0 Å². The van der Waals surface area contributed by atoms with Gasteiger partial charge in [0.1, 0.15) is 0 Å². The predicted octanol–water partition coefficient (Wildman–Crippen LogP) is -4.63. The van der Waals surface area contributed by atoms with Crippen LogP contribution in [0.2, 0.25) is 0 Å². The molecule has 0 aliphatic rings. The minimum absolute atomic E-state index is 0. The molecule has 0 saturated heterocycles. The van der Waals surface area contributed by atoms with E-state index in [1.54, 1.807) is 0 Å². The summed E-state index contributed by atoms with van der Waals surface area (Å²) >= 11 is 0. The first-order valence-corrected chi connectivity index (χ1v) is 3.17. The Morgan fingerprint density at radius 1 is 0.933 bits per heavy atom. The van der Waals surface area contributed by atoms with Crippen LogP contribution < -0.4 is 51.4 Å². The van der Waals surface area contributed by atoms with Crippen molar-refractivity contribution in [2.45, 2.75) is 18.4 Å². The van der Waals surface area contributed by atoms with E-state index in [2.05, 4.69) is 0 Å². The van der Waals surface area contributed by atoms with Crippen LogP contribution >= 0.6 is 0 Å². The van der Waals surface area contributed by atoms with E-state index in [0.717, 1.165) is 0 Å². The second kappa shape index (κ2) is 8.98. The number of carboxylic acids is 3. The fourth-order valence-electron chi connectivity index (χ4n) is 0.714. The molecule has 0 bridgehead atoms. The minimum Gasteiger partial charge on any atom is -0.481 e. The van der Waals surface area contributed by atoms with Gasteiger partial charge in [0.15, 0.2) is 5.60 Å². The number of carboxylic acid groups (broad SMARTS) is 3. The largest absolute Gasteiger partial charge is 3.00 e. The van der Waals surface area contributed by atoms with E-state index in [-0.39, 0.29) is 77.6 Å². The summed E-state index contributed by atoms with van der Waals surface area (Å²) in [5.74, 6) is -5.02. The van der Waals surface area contributed by atoms with Crippen molar-refractivity contribution in [3.05, 3.63) is 0 Å². The summed E-state index contributed by atoms with van der Waals surface area (Å²) in [5.41, 5.74) is -2.74. The molecule has 0 fully saturated rings. The first-order valence-electron chi connectivity index (χ1n) is 3.17. The second-order valence-corrected chi connectivity index (χ2v) is 2.48. The second-order valence-electron chi connectivity index (χ2n) is 2.48. The molecule has 0 aromatic rings. The van der Waals surface area contributed by atoms with E-state index in [0.29, 0.717) is 0 Å². The molecular formula is C6H8BiKO7+4. The number of carbonyl (C=O) groups is 3. The van der Waals surface area contributed by atoms with Gasteiger partial charge in [0.05, 0.1) is 12.8 Å². The zero-order valence-corrected chi connectivity index (χ0v) is 14.5. The van der Waals surface area contributed by atoms with E-state index in [9.17, 15) is 14.4 Å². The van der Waals surface area contributed by atoms with Crippen molar-refractivity contribution < 1.29 is 86.2 Å². The zero-order valence-electron chi connectivity index (χ0n) is 7.88. The van der Waals surface area contributed by atoms with Crippen molar-refractivity contribution in [2.24, 2.45) is 0 Å². The maximum atomic E-state index is 10.3. The Hall–Kier alpha value is 0.889. The summed E-state index contributed by atoms with van der Waals surface area (Å²) in [4.78, 5) is 30.5. The molecule has 0 aromatic carbocycles. The van der Waals surface area contributed by atoms with Crippen LogP contribution in [0, 0.1) is 0 Å². The van der Waals surface area contributed by atoms with Crippen LogP contribution in [0.3, 0.4) is 0 Å². The molecule has 0 spiro atoms. The van der Waals surface area contributed by atoms with Crippen LogP contribution in [0.25, 0.3) is 0 Å². The van der Waals surface area contributed by atoms with Gasteiger partial charge >= 0.3 is 95.5 Å². The Bertz CT molecular complexity index is 238. The van der Waals surface area contributed by atoms with Gasteiger partial charge in [0.25, 0.3) is 0 Å². The molecule has 4 N–H and O–H groups in total. The first kappa shape index (κ1) is 21.2. The average molecular weight is 440 g/mol. The van der Waals surface area contributed by atoms with Crippen LogP contribution in [-0.2, 0) is 14.4 Å². The molecule has 0 aliphatic heterocycles. The Morgan fingerprint density at radius 3 is 1.33 bits per heavy atom. The fraction of sp³-hybridized carbons (Fsp3) is 0.500. The van der Waals surface area contributed by atoms with Crippen molar-refractivity contribution in [1.82, 2.24) is 0 Å². The summed E-state index contributed by atoms with van der Waals surface area (Å²) in [7, 11) is 0. The third-order valence-corrected chi connectivity index (χ3v) is 1.29. The van der Waals surface area contributed by atoms with Crippen molar-refractivity contribution in [3.63, 3.8) is 0 Å². The van der Waals surface area contributed by atoms with Crippen LogP contribution in [0.1, 0.15) is 12.8 Å². The van der Waals surface area contributed by atoms with Crippen molar-refractivity contribution >= 4 is 44.1 Å². The third-order valence-electron chi connectivity index (χ3n) is 1.29. The average Bonchev–Trinajstić information content (AvgIpc) is 1.82. The van der Waals surface area contributed by atoms with E-state index in [1.807, 2.05) is 0 Å². The monoisotopic (exact) mass is 440 g/mol. The number of aliphatic hydroxyl groups is 1. The van der Waals surface area contributed by atoms with Gasteiger partial charge in [-0.2, -0.15) is 0 Å². The van der Waals surface area contributed by atoms with E-state index >= 15 is 0 Å². The standard InChI is InChI=1S/C6H8O7.Bi.K/c7-3(8)1-6(13,5(11)12)2-4(9)10;;/h13H,1-2H2,(H,7,8)(H,9,10)(H,11,12);;/q;+3;+1. The summed E-state index contributed by atoms with van der Waals surface area (Å²) in [6.07, 6.45) is -2.29. The number of rotatable bonds is 5. The Labute approximate surface area is 146 Å².